The van der Waals surface area contributed by atoms with Crippen molar-refractivity contribution in [1.82, 2.24) is 24.7 Å². The number of β-amino-alcohol motifs (C(OH)–C–C–N with tert-alkyl or cyclic N) is 1. The quantitative estimate of drug-likeness (QED) is 0.206. The Morgan fingerprint density at radius 2 is 1.63 bits per heavy atom. The Labute approximate surface area is 300 Å². The standard InChI is InChI=1S/C40H40N6O6/c1-23-28(7-5-9-30(23)38-43-33-20-46(21-35(33)51-38)36(48)22-45-13-4-3-11-34(45)40(49)50)29-8-6-10-31(24(29)2)39-42-32-16-25(15-26(17-41)37(32)52-39)18-44-14-12-27(47)19-44/h5-10,15-16,27,34,47H,3-4,11-14,18-22H2,1-2H3,(H,49,50). The molecule has 1 amide bonds. The molecule has 266 valence electrons. The summed E-state index contributed by atoms with van der Waals surface area (Å²) in [5, 5.41) is 29.5. The van der Waals surface area contributed by atoms with Crippen molar-refractivity contribution < 1.29 is 28.6 Å². The molecule has 0 saturated carbocycles. The number of aliphatic hydroxyl groups is 1. The molecular formula is C40H40N6O6. The van der Waals surface area contributed by atoms with Gasteiger partial charge in [-0.2, -0.15) is 5.26 Å². The number of aromatic nitrogens is 2. The molecule has 3 aromatic carbocycles. The highest BCUT2D eigenvalue weighted by molar-refractivity contribution is 5.86. The van der Waals surface area contributed by atoms with E-state index in [2.05, 4.69) is 23.1 Å². The first-order valence-electron chi connectivity index (χ1n) is 17.8. The molecule has 52 heavy (non-hydrogen) atoms. The summed E-state index contributed by atoms with van der Waals surface area (Å²) in [7, 11) is 0. The maximum atomic E-state index is 13.2. The fourth-order valence-corrected chi connectivity index (χ4v) is 7.98. The number of likely N-dealkylation sites (tertiary alicyclic amines) is 2. The second kappa shape index (κ2) is 13.7. The van der Waals surface area contributed by atoms with E-state index in [1.54, 1.807) is 9.80 Å². The van der Waals surface area contributed by atoms with E-state index < -0.39 is 12.0 Å². The lowest BCUT2D eigenvalue weighted by Crippen LogP contribution is -2.49. The van der Waals surface area contributed by atoms with Crippen molar-refractivity contribution in [3.8, 4) is 40.1 Å². The van der Waals surface area contributed by atoms with Gasteiger partial charge in [-0.15, -0.1) is 0 Å². The van der Waals surface area contributed by atoms with Crippen LogP contribution < -0.4 is 0 Å². The highest BCUT2D eigenvalue weighted by Gasteiger charge is 2.34. The number of carboxylic acids is 1. The molecule has 3 aliphatic heterocycles. The van der Waals surface area contributed by atoms with E-state index in [0.717, 1.165) is 64.8 Å². The number of fused-ring (bicyclic) bond motifs is 2. The number of oxazole rings is 2. The average Bonchev–Trinajstić information content (AvgIpc) is 3.92. The number of carbonyl (C=O) groups is 2. The van der Waals surface area contributed by atoms with Crippen LogP contribution >= 0.6 is 0 Å². The van der Waals surface area contributed by atoms with Crippen molar-refractivity contribution in [2.45, 2.75) is 71.3 Å². The zero-order valence-corrected chi connectivity index (χ0v) is 29.3. The summed E-state index contributed by atoms with van der Waals surface area (Å²) in [6.45, 7) is 7.43. The molecule has 2 unspecified atom stereocenters. The van der Waals surface area contributed by atoms with Crippen molar-refractivity contribution in [3.05, 3.63) is 82.2 Å². The van der Waals surface area contributed by atoms with Crippen LogP contribution in [0.1, 0.15) is 59.4 Å². The maximum Gasteiger partial charge on any atom is 0.320 e. The Morgan fingerprint density at radius 3 is 2.29 bits per heavy atom. The van der Waals surface area contributed by atoms with Crippen LogP contribution in [0.5, 0.6) is 0 Å². The number of nitriles is 1. The third-order valence-corrected chi connectivity index (χ3v) is 10.8. The molecule has 0 radical (unpaired) electrons. The number of piperidine rings is 1. The normalized spacial score (nSPS) is 19.3. The number of amides is 1. The molecule has 12 nitrogen and oxygen atoms in total. The lowest BCUT2D eigenvalue weighted by molar-refractivity contribution is -0.146. The zero-order valence-electron chi connectivity index (χ0n) is 29.3. The molecule has 2 fully saturated rings. The number of carboxylic acid groups (broad SMARTS) is 1. The second-order valence-electron chi connectivity index (χ2n) is 14.2. The van der Waals surface area contributed by atoms with Crippen LogP contribution in [0.3, 0.4) is 0 Å². The lowest BCUT2D eigenvalue weighted by Gasteiger charge is -2.33. The summed E-state index contributed by atoms with van der Waals surface area (Å²) >= 11 is 0. The number of nitrogens with zero attached hydrogens (tertiary/aromatic N) is 6. The third kappa shape index (κ3) is 6.25. The molecule has 12 heteroatoms. The van der Waals surface area contributed by atoms with Crippen LogP contribution in [0.4, 0.5) is 0 Å². The number of benzene rings is 3. The van der Waals surface area contributed by atoms with Crippen molar-refractivity contribution in [3.63, 3.8) is 0 Å². The van der Waals surface area contributed by atoms with Crippen LogP contribution in [-0.2, 0) is 29.2 Å². The third-order valence-electron chi connectivity index (χ3n) is 10.8. The molecule has 3 aliphatic rings. The molecule has 8 rings (SSSR count). The van der Waals surface area contributed by atoms with Crippen molar-refractivity contribution in [1.29, 1.82) is 5.26 Å². The van der Waals surface area contributed by atoms with Gasteiger partial charge in [-0.05, 0) is 91.7 Å². The second-order valence-corrected chi connectivity index (χ2v) is 14.2. The van der Waals surface area contributed by atoms with E-state index in [0.29, 0.717) is 79.0 Å². The minimum atomic E-state index is -0.878. The predicted octanol–water partition coefficient (Wildman–Crippen LogP) is 5.65. The van der Waals surface area contributed by atoms with Crippen molar-refractivity contribution in [2.75, 3.05) is 26.2 Å². The molecule has 2 atom stereocenters. The van der Waals surface area contributed by atoms with Gasteiger partial charge < -0.3 is 23.9 Å². The highest BCUT2D eigenvalue weighted by atomic mass is 16.4. The van der Waals surface area contributed by atoms with Crippen LogP contribution in [-0.4, -0.2) is 85.1 Å². The minimum Gasteiger partial charge on any atom is -0.480 e. The van der Waals surface area contributed by atoms with Gasteiger partial charge in [0.25, 0.3) is 0 Å². The number of aliphatic carboxylic acids is 1. The molecule has 2 aromatic heterocycles. The Kier molecular flexibility index (Phi) is 8.87. The highest BCUT2D eigenvalue weighted by Crippen LogP contribution is 2.39. The summed E-state index contributed by atoms with van der Waals surface area (Å²) in [6.07, 6.45) is 2.73. The molecule has 0 spiro atoms. The number of aliphatic hydroxyl groups excluding tert-OH is 1. The molecule has 5 aromatic rings. The summed E-state index contributed by atoms with van der Waals surface area (Å²) in [5.74, 6) is 0.582. The van der Waals surface area contributed by atoms with Gasteiger partial charge in [-0.1, -0.05) is 30.7 Å². The first kappa shape index (κ1) is 33.8. The smallest absolute Gasteiger partial charge is 0.320 e. The molecule has 0 aliphatic carbocycles. The van der Waals surface area contributed by atoms with E-state index >= 15 is 0 Å². The van der Waals surface area contributed by atoms with E-state index in [1.165, 1.54) is 0 Å². The largest absolute Gasteiger partial charge is 0.480 e. The Morgan fingerprint density at radius 1 is 0.923 bits per heavy atom. The van der Waals surface area contributed by atoms with E-state index in [4.69, 9.17) is 18.8 Å². The van der Waals surface area contributed by atoms with Crippen LogP contribution in [0.25, 0.3) is 45.1 Å². The van der Waals surface area contributed by atoms with E-state index in [-0.39, 0.29) is 18.6 Å². The Bertz CT molecular complexity index is 2230. The van der Waals surface area contributed by atoms with Crippen LogP contribution in [0.2, 0.25) is 0 Å². The van der Waals surface area contributed by atoms with Gasteiger partial charge in [0, 0.05) is 30.8 Å². The Balaban J connectivity index is 1.03. The summed E-state index contributed by atoms with van der Waals surface area (Å²) in [6, 6.07) is 17.5. The molecule has 2 N–H and O–H groups in total. The minimum absolute atomic E-state index is 0.0717. The fraction of sp³-hybridized carbons (Fsp3) is 0.375. The Hall–Kier alpha value is -5.35. The summed E-state index contributed by atoms with van der Waals surface area (Å²) < 4.78 is 12.5. The fourth-order valence-electron chi connectivity index (χ4n) is 7.98. The van der Waals surface area contributed by atoms with Gasteiger partial charge in [0.15, 0.2) is 5.58 Å². The lowest BCUT2D eigenvalue weighted by atomic mass is 9.91. The molecule has 0 bridgehead atoms. The van der Waals surface area contributed by atoms with Gasteiger partial charge >= 0.3 is 5.97 Å². The van der Waals surface area contributed by atoms with Gasteiger partial charge in [0.05, 0.1) is 31.3 Å². The summed E-state index contributed by atoms with van der Waals surface area (Å²) in [4.78, 5) is 40.2. The number of carbonyl (C=O) groups excluding carboxylic acids is 1. The van der Waals surface area contributed by atoms with Gasteiger partial charge in [0.1, 0.15) is 29.1 Å². The van der Waals surface area contributed by atoms with Crippen LogP contribution in [0.15, 0.2) is 57.4 Å². The number of hydrogen-bond donors (Lipinski definition) is 2. The summed E-state index contributed by atoms with van der Waals surface area (Å²) in [5.41, 5.74) is 8.83. The first-order valence-corrected chi connectivity index (χ1v) is 17.8. The number of rotatable bonds is 8. The van der Waals surface area contributed by atoms with Gasteiger partial charge in [0.2, 0.25) is 17.7 Å². The maximum absolute atomic E-state index is 13.2. The van der Waals surface area contributed by atoms with Crippen LogP contribution in [0, 0.1) is 25.2 Å². The molecule has 5 heterocycles. The average molecular weight is 701 g/mol. The number of hydrogen-bond acceptors (Lipinski definition) is 10. The van der Waals surface area contributed by atoms with Gasteiger partial charge in [-0.25, -0.2) is 9.97 Å². The SMILES string of the molecule is Cc1c(-c2nc3c(o2)CN(C(=O)CN2CCCCC2C(=O)O)C3)cccc1-c1cccc(-c2nc3cc(CN4CCC(O)C4)cc(C#N)c3o2)c1C. The van der Waals surface area contributed by atoms with Crippen molar-refractivity contribution in [2.24, 2.45) is 0 Å². The first-order chi connectivity index (χ1) is 25.2. The molecule has 2 saturated heterocycles. The monoisotopic (exact) mass is 700 g/mol. The van der Waals surface area contributed by atoms with Crippen molar-refractivity contribution >= 4 is 23.0 Å². The predicted molar refractivity (Wildman–Crippen MR) is 192 cm³/mol. The zero-order chi connectivity index (χ0) is 36.1. The van der Waals surface area contributed by atoms with Gasteiger partial charge in [-0.3, -0.25) is 19.4 Å². The molecular weight excluding hydrogens is 660 g/mol. The van der Waals surface area contributed by atoms with E-state index in [9.17, 15) is 25.1 Å². The van der Waals surface area contributed by atoms with E-state index in [1.807, 2.05) is 50.2 Å². The topological polar surface area (TPSA) is 160 Å².